The van der Waals surface area contributed by atoms with E-state index in [4.69, 9.17) is 5.14 Å². The first-order valence-electron chi connectivity index (χ1n) is 4.88. The molecule has 1 heterocycles. The molecular weight excluding hydrogens is 212 g/mol. The molecule has 2 rings (SSSR count). The number of nitrogens with zero attached hydrogens (tertiary/aromatic N) is 1. The quantitative estimate of drug-likeness (QED) is 0.670. The van der Waals surface area contributed by atoms with Gasteiger partial charge in [0.2, 0.25) is 10.0 Å². The van der Waals surface area contributed by atoms with E-state index in [1.54, 1.807) is 19.1 Å². The molecule has 2 N–H and O–H groups in total. The van der Waals surface area contributed by atoms with E-state index < -0.39 is 14.8 Å². The Bertz CT molecular complexity index is 474. The first kappa shape index (κ1) is 10.6. The van der Waals surface area contributed by atoms with Crippen molar-refractivity contribution in [3.05, 3.63) is 23.8 Å². The molecule has 0 aromatic heterocycles. The van der Waals surface area contributed by atoms with Gasteiger partial charge in [-0.05, 0) is 18.9 Å². The van der Waals surface area contributed by atoms with Crippen LogP contribution in [0.15, 0.2) is 28.8 Å². The highest BCUT2D eigenvalue weighted by Gasteiger charge is 2.34. The fourth-order valence-electron chi connectivity index (χ4n) is 1.88. The summed E-state index contributed by atoms with van der Waals surface area (Å²) in [5.74, 6) is 0. The lowest BCUT2D eigenvalue weighted by Crippen LogP contribution is -2.37. The van der Waals surface area contributed by atoms with Gasteiger partial charge in [-0.15, -0.1) is 0 Å². The standard InChI is InChI=1S/C10H14N2O2S/c1-10(15(11,13)14)5-2-3-9-8(7-10)4-6-12-9/h2,5,7H,3-4,6H2,1H3,(H2,11,13,14). The van der Waals surface area contributed by atoms with Gasteiger partial charge in [0.05, 0.1) is 0 Å². The van der Waals surface area contributed by atoms with Gasteiger partial charge in [-0.2, -0.15) is 0 Å². The summed E-state index contributed by atoms with van der Waals surface area (Å²) in [5, 5.41) is 5.23. The third-order valence-electron chi connectivity index (χ3n) is 2.89. The van der Waals surface area contributed by atoms with Crippen molar-refractivity contribution in [2.45, 2.75) is 24.5 Å². The highest BCUT2D eigenvalue weighted by Crippen LogP contribution is 2.28. The molecule has 5 heteroatoms. The minimum atomic E-state index is -3.61. The Morgan fingerprint density at radius 2 is 2.27 bits per heavy atom. The average Bonchev–Trinajstić information content (AvgIpc) is 2.45. The van der Waals surface area contributed by atoms with Gasteiger partial charge < -0.3 is 0 Å². The zero-order valence-electron chi connectivity index (χ0n) is 8.60. The molecule has 0 saturated carbocycles. The third-order valence-corrected chi connectivity index (χ3v) is 4.37. The van der Waals surface area contributed by atoms with Crippen LogP contribution in [0.2, 0.25) is 0 Å². The molecule has 1 unspecified atom stereocenters. The van der Waals surface area contributed by atoms with Crippen molar-refractivity contribution in [1.82, 2.24) is 0 Å². The van der Waals surface area contributed by atoms with Crippen molar-refractivity contribution in [3.8, 4) is 0 Å². The SMILES string of the molecule is CC1(S(N)(=O)=O)C=CCC2=NCCC2=C1. The summed E-state index contributed by atoms with van der Waals surface area (Å²) >= 11 is 0. The fourth-order valence-corrected chi connectivity index (χ4v) is 2.48. The Kier molecular flexibility index (Phi) is 2.31. The summed E-state index contributed by atoms with van der Waals surface area (Å²) < 4.78 is 21.9. The monoisotopic (exact) mass is 226 g/mol. The molecule has 0 aromatic rings. The van der Waals surface area contributed by atoms with E-state index in [1.165, 1.54) is 0 Å². The van der Waals surface area contributed by atoms with Crippen LogP contribution in [0.5, 0.6) is 0 Å². The first-order chi connectivity index (χ1) is 6.92. The van der Waals surface area contributed by atoms with Crippen LogP contribution < -0.4 is 5.14 Å². The molecule has 1 atom stereocenters. The molecule has 0 amide bonds. The zero-order chi connectivity index (χ0) is 11.1. The molecule has 1 aliphatic carbocycles. The second-order valence-corrected chi connectivity index (χ2v) is 6.05. The van der Waals surface area contributed by atoms with Crippen molar-refractivity contribution in [3.63, 3.8) is 0 Å². The molecule has 2 aliphatic rings. The zero-order valence-corrected chi connectivity index (χ0v) is 9.42. The lowest BCUT2D eigenvalue weighted by atomic mass is 10.0. The van der Waals surface area contributed by atoms with E-state index in [1.807, 2.05) is 6.08 Å². The lowest BCUT2D eigenvalue weighted by Gasteiger charge is -2.18. The van der Waals surface area contributed by atoms with Crippen molar-refractivity contribution >= 4 is 15.7 Å². The number of primary sulfonamides is 1. The number of allylic oxidation sites excluding steroid dienone is 1. The summed E-state index contributed by atoms with van der Waals surface area (Å²) in [6.45, 7) is 2.38. The highest BCUT2D eigenvalue weighted by atomic mass is 32.2. The molecule has 0 radical (unpaired) electrons. The summed E-state index contributed by atoms with van der Waals surface area (Å²) in [7, 11) is -3.61. The van der Waals surface area contributed by atoms with Crippen LogP contribution in [0.1, 0.15) is 19.8 Å². The van der Waals surface area contributed by atoms with Gasteiger partial charge in [-0.3, -0.25) is 4.99 Å². The van der Waals surface area contributed by atoms with E-state index in [0.29, 0.717) is 6.42 Å². The Labute approximate surface area is 89.6 Å². The number of aliphatic imine (C=N–C) groups is 1. The number of sulfonamides is 1. The smallest absolute Gasteiger partial charge is 0.221 e. The van der Waals surface area contributed by atoms with Gasteiger partial charge in [-0.1, -0.05) is 18.2 Å². The van der Waals surface area contributed by atoms with Crippen LogP contribution in [-0.4, -0.2) is 25.4 Å². The number of nitrogens with two attached hydrogens (primary N) is 1. The number of rotatable bonds is 1. The largest absolute Gasteiger partial charge is 0.289 e. The molecule has 0 aromatic carbocycles. The fraction of sp³-hybridized carbons (Fsp3) is 0.500. The highest BCUT2D eigenvalue weighted by molar-refractivity contribution is 7.90. The van der Waals surface area contributed by atoms with Crippen LogP contribution >= 0.6 is 0 Å². The number of hydrogen-bond acceptors (Lipinski definition) is 3. The normalized spacial score (nSPS) is 30.5. The first-order valence-corrected chi connectivity index (χ1v) is 6.42. The Hall–Kier alpha value is -0.940. The lowest BCUT2D eigenvalue weighted by molar-refractivity contribution is 0.581. The van der Waals surface area contributed by atoms with Crippen LogP contribution in [0.4, 0.5) is 0 Å². The molecule has 0 fully saturated rings. The molecule has 0 bridgehead atoms. The summed E-state index contributed by atoms with van der Waals surface area (Å²) in [6.07, 6.45) is 6.74. The van der Waals surface area contributed by atoms with Crippen LogP contribution in [0.25, 0.3) is 0 Å². The van der Waals surface area contributed by atoms with Crippen LogP contribution in [0, 0.1) is 0 Å². The van der Waals surface area contributed by atoms with E-state index >= 15 is 0 Å². The van der Waals surface area contributed by atoms with Gasteiger partial charge in [0, 0.05) is 18.7 Å². The van der Waals surface area contributed by atoms with Gasteiger partial charge in [-0.25, -0.2) is 13.6 Å². The molecule has 1 aliphatic heterocycles. The van der Waals surface area contributed by atoms with E-state index in [0.717, 1.165) is 24.3 Å². The molecule has 4 nitrogen and oxygen atoms in total. The van der Waals surface area contributed by atoms with Gasteiger partial charge >= 0.3 is 0 Å². The molecular formula is C10H14N2O2S. The van der Waals surface area contributed by atoms with Crippen molar-refractivity contribution in [1.29, 1.82) is 0 Å². The van der Waals surface area contributed by atoms with E-state index in [-0.39, 0.29) is 0 Å². The predicted molar refractivity (Wildman–Crippen MR) is 60.3 cm³/mol. The van der Waals surface area contributed by atoms with Crippen LogP contribution in [0.3, 0.4) is 0 Å². The van der Waals surface area contributed by atoms with Crippen molar-refractivity contribution in [2.24, 2.45) is 10.1 Å². The molecule has 0 spiro atoms. The Balaban J connectivity index is 2.53. The minimum Gasteiger partial charge on any atom is -0.289 e. The average molecular weight is 226 g/mol. The van der Waals surface area contributed by atoms with Gasteiger partial charge in [0.25, 0.3) is 0 Å². The maximum Gasteiger partial charge on any atom is 0.221 e. The molecule has 82 valence electrons. The Morgan fingerprint density at radius 3 is 2.93 bits per heavy atom. The topological polar surface area (TPSA) is 72.5 Å². The van der Waals surface area contributed by atoms with Crippen LogP contribution in [-0.2, 0) is 10.0 Å². The maximum absolute atomic E-state index is 11.5. The molecule has 0 saturated heterocycles. The molecule has 15 heavy (non-hydrogen) atoms. The van der Waals surface area contributed by atoms with Crippen molar-refractivity contribution in [2.75, 3.05) is 6.54 Å². The summed E-state index contributed by atoms with van der Waals surface area (Å²) in [6, 6.07) is 0. The van der Waals surface area contributed by atoms with E-state index in [2.05, 4.69) is 4.99 Å². The second kappa shape index (κ2) is 3.28. The maximum atomic E-state index is 11.5. The van der Waals surface area contributed by atoms with Crippen molar-refractivity contribution < 1.29 is 8.42 Å². The third kappa shape index (κ3) is 1.77. The van der Waals surface area contributed by atoms with Gasteiger partial charge in [0.15, 0.2) is 0 Å². The summed E-state index contributed by atoms with van der Waals surface area (Å²) in [4.78, 5) is 4.33. The Morgan fingerprint density at radius 1 is 1.53 bits per heavy atom. The predicted octanol–water partition coefficient (Wildman–Crippen LogP) is 0.765. The van der Waals surface area contributed by atoms with E-state index in [9.17, 15) is 8.42 Å². The summed E-state index contributed by atoms with van der Waals surface area (Å²) in [5.41, 5.74) is 2.02. The van der Waals surface area contributed by atoms with Gasteiger partial charge in [0.1, 0.15) is 4.75 Å². The number of hydrogen-bond donors (Lipinski definition) is 1. The minimum absolute atomic E-state index is 0.705. The second-order valence-electron chi connectivity index (χ2n) is 4.08. The number of fused-ring (bicyclic) bond motifs is 1.